The molecule has 1 unspecified atom stereocenters. The summed E-state index contributed by atoms with van der Waals surface area (Å²) in [4.78, 5) is 15.7. The summed E-state index contributed by atoms with van der Waals surface area (Å²) in [6, 6.07) is 6.82. The molecule has 1 amide bonds. The van der Waals surface area contributed by atoms with Crippen LogP contribution in [-0.2, 0) is 16.8 Å². The van der Waals surface area contributed by atoms with Gasteiger partial charge in [0.05, 0.1) is 13.0 Å². The number of nitrogens with zero attached hydrogens (tertiary/aromatic N) is 2. The van der Waals surface area contributed by atoms with Crippen molar-refractivity contribution in [3.63, 3.8) is 0 Å². The number of amides is 1. The van der Waals surface area contributed by atoms with Gasteiger partial charge in [-0.3, -0.25) is 4.79 Å². The lowest BCUT2D eigenvalue weighted by atomic mass is 9.96. The summed E-state index contributed by atoms with van der Waals surface area (Å²) in [5.41, 5.74) is -0.518. The fourth-order valence-corrected chi connectivity index (χ4v) is 1.93. The van der Waals surface area contributed by atoms with Crippen LogP contribution in [0.1, 0.15) is 24.2 Å². The van der Waals surface area contributed by atoms with E-state index in [9.17, 15) is 9.90 Å². The lowest BCUT2D eigenvalue weighted by Gasteiger charge is -2.24. The second kappa shape index (κ2) is 6.24. The second-order valence-electron chi connectivity index (χ2n) is 4.96. The zero-order chi connectivity index (χ0) is 15.5. The Hall–Kier alpha value is -1.92. The van der Waals surface area contributed by atoms with E-state index < -0.39 is 5.60 Å². The molecule has 1 aromatic carbocycles. The quantitative estimate of drug-likeness (QED) is 0.876. The van der Waals surface area contributed by atoms with E-state index in [2.05, 4.69) is 15.5 Å². The number of carbonyl (C=O) groups excluding carboxylic acids is 1. The minimum Gasteiger partial charge on any atom is -0.384 e. The molecule has 1 atom stereocenters. The van der Waals surface area contributed by atoms with Crippen LogP contribution in [0.5, 0.6) is 0 Å². The van der Waals surface area contributed by atoms with E-state index in [1.165, 1.54) is 0 Å². The fourth-order valence-electron chi connectivity index (χ4n) is 1.80. The van der Waals surface area contributed by atoms with E-state index in [0.717, 1.165) is 0 Å². The number of halogens is 1. The first-order valence-electron chi connectivity index (χ1n) is 6.41. The van der Waals surface area contributed by atoms with Crippen LogP contribution in [-0.4, -0.2) is 27.7 Å². The molecule has 0 aliphatic heterocycles. The van der Waals surface area contributed by atoms with Crippen molar-refractivity contribution in [1.82, 2.24) is 15.5 Å². The van der Waals surface area contributed by atoms with Gasteiger partial charge in [-0.15, -0.1) is 0 Å². The first-order chi connectivity index (χ1) is 9.87. The minimum absolute atomic E-state index is 0.00797. The second-order valence-corrected chi connectivity index (χ2v) is 5.40. The van der Waals surface area contributed by atoms with Crippen molar-refractivity contribution in [1.29, 1.82) is 0 Å². The van der Waals surface area contributed by atoms with Gasteiger partial charge in [0.25, 0.3) is 0 Å². The Balaban J connectivity index is 1.91. The number of aromatic nitrogens is 2. The van der Waals surface area contributed by atoms with Gasteiger partial charge in [0.15, 0.2) is 5.82 Å². The van der Waals surface area contributed by atoms with Crippen LogP contribution >= 0.6 is 11.6 Å². The molecular formula is C14H16ClN3O3. The van der Waals surface area contributed by atoms with Crippen LogP contribution in [0.25, 0.3) is 0 Å². The topological polar surface area (TPSA) is 88.2 Å². The van der Waals surface area contributed by atoms with E-state index in [1.807, 2.05) is 0 Å². The first kappa shape index (κ1) is 15.5. The van der Waals surface area contributed by atoms with Gasteiger partial charge in [-0.25, -0.2) is 0 Å². The first-order valence-corrected chi connectivity index (χ1v) is 6.79. The van der Waals surface area contributed by atoms with Gasteiger partial charge in [-0.05, 0) is 24.6 Å². The monoisotopic (exact) mass is 309 g/mol. The third-order valence-corrected chi connectivity index (χ3v) is 3.24. The number of carbonyl (C=O) groups is 1. The SMILES string of the molecule is Cc1nc(CC(=O)NCC(C)(O)c2ccc(Cl)cc2)no1. The maximum Gasteiger partial charge on any atom is 0.227 e. The fraction of sp³-hybridized carbons (Fsp3) is 0.357. The highest BCUT2D eigenvalue weighted by molar-refractivity contribution is 6.30. The van der Waals surface area contributed by atoms with Crippen molar-refractivity contribution >= 4 is 17.5 Å². The summed E-state index contributed by atoms with van der Waals surface area (Å²) < 4.78 is 4.79. The van der Waals surface area contributed by atoms with Crippen LogP contribution in [0.15, 0.2) is 28.8 Å². The van der Waals surface area contributed by atoms with E-state index in [4.69, 9.17) is 16.1 Å². The highest BCUT2D eigenvalue weighted by Crippen LogP contribution is 2.21. The molecule has 0 radical (unpaired) electrons. The normalized spacial score (nSPS) is 13.7. The number of hydrogen-bond donors (Lipinski definition) is 2. The molecule has 112 valence electrons. The Morgan fingerprint density at radius 3 is 2.67 bits per heavy atom. The molecule has 0 aliphatic carbocycles. The predicted molar refractivity (Wildman–Crippen MR) is 76.8 cm³/mol. The molecule has 7 heteroatoms. The van der Waals surface area contributed by atoms with Crippen molar-refractivity contribution in [2.45, 2.75) is 25.9 Å². The summed E-state index contributed by atoms with van der Waals surface area (Å²) in [5.74, 6) is 0.437. The Morgan fingerprint density at radius 1 is 1.43 bits per heavy atom. The van der Waals surface area contributed by atoms with Gasteiger partial charge < -0.3 is 14.9 Å². The molecule has 0 bridgehead atoms. The van der Waals surface area contributed by atoms with Gasteiger partial charge in [0.1, 0.15) is 5.60 Å². The molecule has 21 heavy (non-hydrogen) atoms. The van der Waals surface area contributed by atoms with Gasteiger partial charge in [0, 0.05) is 11.9 Å². The van der Waals surface area contributed by atoms with Crippen LogP contribution in [0.3, 0.4) is 0 Å². The third-order valence-electron chi connectivity index (χ3n) is 2.98. The molecule has 0 saturated heterocycles. The van der Waals surface area contributed by atoms with Crippen molar-refractivity contribution in [2.75, 3.05) is 6.54 Å². The van der Waals surface area contributed by atoms with Crippen molar-refractivity contribution in [3.05, 3.63) is 46.6 Å². The molecule has 2 aromatic rings. The van der Waals surface area contributed by atoms with Crippen molar-refractivity contribution in [2.24, 2.45) is 0 Å². The molecule has 6 nitrogen and oxygen atoms in total. The average molecular weight is 310 g/mol. The van der Waals surface area contributed by atoms with Crippen LogP contribution in [0, 0.1) is 6.92 Å². The van der Waals surface area contributed by atoms with Gasteiger partial charge in [0.2, 0.25) is 11.8 Å². The largest absolute Gasteiger partial charge is 0.384 e. The highest BCUT2D eigenvalue weighted by Gasteiger charge is 2.24. The summed E-state index contributed by atoms with van der Waals surface area (Å²) in [5, 5.41) is 17.3. The van der Waals surface area contributed by atoms with Gasteiger partial charge in [-0.1, -0.05) is 28.9 Å². The molecule has 1 aromatic heterocycles. The maximum atomic E-state index is 11.8. The number of aliphatic hydroxyl groups is 1. The minimum atomic E-state index is -1.19. The molecular weight excluding hydrogens is 294 g/mol. The van der Waals surface area contributed by atoms with Crippen LogP contribution < -0.4 is 5.32 Å². The number of aryl methyl sites for hydroxylation is 1. The van der Waals surface area contributed by atoms with Crippen LogP contribution in [0.4, 0.5) is 0 Å². The number of benzene rings is 1. The van der Waals surface area contributed by atoms with E-state index in [-0.39, 0.29) is 18.9 Å². The Morgan fingerprint density at radius 2 is 2.10 bits per heavy atom. The average Bonchev–Trinajstić information content (AvgIpc) is 2.82. The number of rotatable bonds is 5. The Kier molecular flexibility index (Phi) is 4.59. The van der Waals surface area contributed by atoms with Crippen molar-refractivity contribution < 1.29 is 14.4 Å². The lowest BCUT2D eigenvalue weighted by molar-refractivity contribution is -0.121. The van der Waals surface area contributed by atoms with Gasteiger partial charge >= 0.3 is 0 Å². The van der Waals surface area contributed by atoms with E-state index in [0.29, 0.717) is 22.3 Å². The maximum absolute atomic E-state index is 11.8. The Bertz CT molecular complexity index is 623. The number of nitrogens with one attached hydrogen (secondary N) is 1. The summed E-state index contributed by atoms with van der Waals surface area (Å²) >= 11 is 5.81. The van der Waals surface area contributed by atoms with Crippen molar-refractivity contribution in [3.8, 4) is 0 Å². The third kappa shape index (κ3) is 4.27. The smallest absolute Gasteiger partial charge is 0.227 e. The molecule has 0 fully saturated rings. The number of hydrogen-bond acceptors (Lipinski definition) is 5. The molecule has 2 rings (SSSR count). The molecule has 0 saturated carbocycles. The summed E-state index contributed by atoms with van der Waals surface area (Å²) in [6.45, 7) is 3.35. The zero-order valence-corrected chi connectivity index (χ0v) is 12.5. The summed E-state index contributed by atoms with van der Waals surface area (Å²) in [7, 11) is 0. The Labute approximate surface area is 127 Å². The van der Waals surface area contributed by atoms with E-state index in [1.54, 1.807) is 38.1 Å². The molecule has 2 N–H and O–H groups in total. The zero-order valence-electron chi connectivity index (χ0n) is 11.8. The molecule has 0 aliphatic rings. The van der Waals surface area contributed by atoms with Crippen LogP contribution in [0.2, 0.25) is 5.02 Å². The van der Waals surface area contributed by atoms with E-state index >= 15 is 0 Å². The predicted octanol–water partition coefficient (Wildman–Crippen LogP) is 1.60. The molecule has 1 heterocycles. The highest BCUT2D eigenvalue weighted by atomic mass is 35.5. The lowest BCUT2D eigenvalue weighted by Crippen LogP contribution is -2.39. The molecule has 0 spiro atoms. The van der Waals surface area contributed by atoms with Gasteiger partial charge in [-0.2, -0.15) is 4.98 Å². The standard InChI is InChI=1S/C14H16ClN3O3/c1-9-17-12(18-21-9)7-13(19)16-8-14(2,20)10-3-5-11(15)6-4-10/h3-6,20H,7-8H2,1-2H3,(H,16,19). The summed E-state index contributed by atoms with van der Waals surface area (Å²) in [6.07, 6.45) is 0.00797.